The summed E-state index contributed by atoms with van der Waals surface area (Å²) in [6.45, 7) is 0. The summed E-state index contributed by atoms with van der Waals surface area (Å²) in [4.78, 5) is 22.0. The van der Waals surface area contributed by atoms with E-state index in [9.17, 15) is 14.4 Å². The van der Waals surface area contributed by atoms with Crippen LogP contribution >= 0.6 is 7.75 Å². The van der Waals surface area contributed by atoms with Crippen LogP contribution in [0.15, 0.2) is 30.3 Å². The molecule has 0 saturated carbocycles. The third-order valence-corrected chi connectivity index (χ3v) is 4.15. The summed E-state index contributed by atoms with van der Waals surface area (Å²) in [5.41, 5.74) is 1.49. The van der Waals surface area contributed by atoms with Crippen molar-refractivity contribution in [3.63, 3.8) is 0 Å². The molecule has 0 spiro atoms. The number of benzene rings is 2. The van der Waals surface area contributed by atoms with Crippen LogP contribution in [0, 0.1) is 0 Å². The van der Waals surface area contributed by atoms with E-state index in [4.69, 9.17) is 18.9 Å². The van der Waals surface area contributed by atoms with Gasteiger partial charge in [-0.3, -0.25) is 0 Å². The number of hydrogen-bond donors (Lipinski definition) is 1. The summed E-state index contributed by atoms with van der Waals surface area (Å²) in [5.74, 6) is 1.74. The second-order valence-corrected chi connectivity index (χ2v) is 6.58. The van der Waals surface area contributed by atoms with E-state index in [0.29, 0.717) is 22.8 Å². The van der Waals surface area contributed by atoms with Crippen LogP contribution in [0.5, 0.6) is 23.0 Å². The maximum Gasteiger partial charge on any atom is 1.00 e. The fourth-order valence-electron chi connectivity index (χ4n) is 2.45. The Balaban J connectivity index is 0.00000392. The second kappa shape index (κ2) is 12.9. The quantitative estimate of drug-likeness (QED) is 0.253. The van der Waals surface area contributed by atoms with Crippen molar-refractivity contribution in [1.29, 1.82) is 0 Å². The zero-order chi connectivity index (χ0) is 20.0. The van der Waals surface area contributed by atoms with Crippen molar-refractivity contribution in [1.82, 2.24) is 0 Å². The van der Waals surface area contributed by atoms with E-state index >= 15 is 0 Å². The Morgan fingerprint density at radius 2 is 1.31 bits per heavy atom. The molecular formula is C18H20NNa2O7P. The van der Waals surface area contributed by atoms with Gasteiger partial charge in [-0.15, -0.1) is 0 Å². The molecular weight excluding hydrogens is 419 g/mol. The average molecular weight is 439 g/mol. The molecule has 0 radical (unpaired) electrons. The van der Waals surface area contributed by atoms with Crippen LogP contribution < -0.4 is 92.9 Å². The van der Waals surface area contributed by atoms with Crippen molar-refractivity contribution in [2.24, 2.45) is 0 Å². The molecule has 0 saturated heterocycles. The fraction of sp³-hybridized carbons (Fsp3) is 0.222. The van der Waals surface area contributed by atoms with E-state index < -0.39 is 7.75 Å². The molecule has 0 heterocycles. The molecule has 2 aromatic carbocycles. The average Bonchev–Trinajstić information content (AvgIpc) is 2.64. The smallest absolute Gasteiger partial charge is 0.795 e. The summed E-state index contributed by atoms with van der Waals surface area (Å²) in [7, 11) is 0.994. The summed E-state index contributed by atoms with van der Waals surface area (Å²) >= 11 is 0. The first-order valence-corrected chi connectivity index (χ1v) is 9.32. The van der Waals surface area contributed by atoms with Crippen LogP contribution in [0.3, 0.4) is 0 Å². The molecule has 2 aromatic rings. The number of nitrogens with one attached hydrogen (secondary N) is 1. The van der Waals surface area contributed by atoms with E-state index in [1.54, 1.807) is 36.4 Å². The van der Waals surface area contributed by atoms with E-state index in [-0.39, 0.29) is 70.6 Å². The Labute approximate surface area is 214 Å². The van der Waals surface area contributed by atoms with Crippen LogP contribution in [0.2, 0.25) is 0 Å². The molecule has 0 aliphatic heterocycles. The molecule has 0 atom stereocenters. The van der Waals surface area contributed by atoms with Gasteiger partial charge >= 0.3 is 59.1 Å². The van der Waals surface area contributed by atoms with Gasteiger partial charge in [0.2, 0.25) is 5.75 Å². The van der Waals surface area contributed by atoms with Gasteiger partial charge in [-0.2, -0.15) is 0 Å². The van der Waals surface area contributed by atoms with Gasteiger partial charge in [-0.05, 0) is 35.4 Å². The van der Waals surface area contributed by atoms with Gasteiger partial charge in [-0.1, -0.05) is 18.2 Å². The second-order valence-electron chi connectivity index (χ2n) is 5.36. The Hall–Kier alpha value is -0.670. The third kappa shape index (κ3) is 8.17. The van der Waals surface area contributed by atoms with E-state index in [1.807, 2.05) is 5.09 Å². The van der Waals surface area contributed by atoms with E-state index in [1.165, 1.54) is 34.5 Å². The van der Waals surface area contributed by atoms with Gasteiger partial charge in [-0.25, -0.2) is 0 Å². The largest absolute Gasteiger partial charge is 1.00 e. The summed E-state index contributed by atoms with van der Waals surface area (Å²) in [5, 5.41) is 1.92. The van der Waals surface area contributed by atoms with Gasteiger partial charge in [0.15, 0.2) is 11.5 Å². The minimum atomic E-state index is -4.96. The van der Waals surface area contributed by atoms with Crippen LogP contribution in [0.1, 0.15) is 11.1 Å². The summed E-state index contributed by atoms with van der Waals surface area (Å²) in [6, 6.07) is 8.32. The van der Waals surface area contributed by atoms with Crippen molar-refractivity contribution in [2.45, 2.75) is 0 Å². The molecule has 29 heavy (non-hydrogen) atoms. The first-order valence-electron chi connectivity index (χ1n) is 7.77. The van der Waals surface area contributed by atoms with Gasteiger partial charge in [0, 0.05) is 7.75 Å². The molecule has 0 unspecified atom stereocenters. The molecule has 0 fully saturated rings. The number of hydrogen-bond acceptors (Lipinski definition) is 7. The number of rotatable bonds is 8. The Morgan fingerprint density at radius 3 is 1.76 bits per heavy atom. The first kappa shape index (κ1) is 28.3. The fourth-order valence-corrected chi connectivity index (χ4v) is 2.92. The van der Waals surface area contributed by atoms with Crippen LogP contribution in [0.4, 0.5) is 5.69 Å². The zero-order valence-electron chi connectivity index (χ0n) is 17.3. The van der Waals surface area contributed by atoms with Gasteiger partial charge in [0.05, 0.1) is 34.1 Å². The maximum absolute atomic E-state index is 11.0. The molecule has 0 aromatic heterocycles. The zero-order valence-corrected chi connectivity index (χ0v) is 22.2. The standard InChI is InChI=1S/C18H22NO7P.2Na/c1-23-15-8-7-12(9-14(15)19-27(20,21)22)5-6-13-10-16(24-2)18(26-4)17(11-13)25-3;;/h5-11H,1-4H3,(H3,19,20,21,22);;/q;2*+1/p-2/b6-5-;;. The topological polar surface area (TPSA) is 112 Å². The monoisotopic (exact) mass is 439 g/mol. The Bertz CT molecular complexity index is 862. The van der Waals surface area contributed by atoms with Crippen molar-refractivity contribution in [3.8, 4) is 23.0 Å². The molecule has 146 valence electrons. The van der Waals surface area contributed by atoms with Crippen LogP contribution in [-0.4, -0.2) is 28.4 Å². The van der Waals surface area contributed by atoms with Crippen LogP contribution in [0.25, 0.3) is 12.2 Å². The molecule has 11 heteroatoms. The third-order valence-electron chi connectivity index (χ3n) is 3.64. The van der Waals surface area contributed by atoms with Gasteiger partial charge < -0.3 is 38.4 Å². The molecule has 8 nitrogen and oxygen atoms in total. The number of anilines is 1. The molecule has 1 N–H and O–H groups in total. The van der Waals surface area contributed by atoms with Gasteiger partial charge in [0.25, 0.3) is 0 Å². The summed E-state index contributed by atoms with van der Waals surface area (Å²) in [6.07, 6.45) is 3.52. The van der Waals surface area contributed by atoms with E-state index in [0.717, 1.165) is 5.56 Å². The molecule has 0 aliphatic rings. The number of methoxy groups -OCH3 is 4. The predicted octanol–water partition coefficient (Wildman–Crippen LogP) is -3.86. The first-order chi connectivity index (χ1) is 12.8. The van der Waals surface area contributed by atoms with Crippen LogP contribution in [-0.2, 0) is 4.57 Å². The van der Waals surface area contributed by atoms with Crippen molar-refractivity contribution in [2.75, 3.05) is 33.5 Å². The van der Waals surface area contributed by atoms with Gasteiger partial charge in [0.1, 0.15) is 5.75 Å². The maximum atomic E-state index is 11.0. The van der Waals surface area contributed by atoms with Crippen molar-refractivity contribution in [3.05, 3.63) is 41.5 Å². The molecule has 0 amide bonds. The number of ether oxygens (including phenoxy) is 4. The minimum Gasteiger partial charge on any atom is -0.795 e. The molecule has 0 aliphatic carbocycles. The van der Waals surface area contributed by atoms with E-state index in [2.05, 4.69) is 0 Å². The molecule has 2 rings (SSSR count). The minimum absolute atomic E-state index is 0. The predicted molar refractivity (Wildman–Crippen MR) is 99.2 cm³/mol. The van der Waals surface area contributed by atoms with Crippen molar-refractivity contribution >= 4 is 25.6 Å². The Morgan fingerprint density at radius 1 is 0.793 bits per heavy atom. The molecule has 0 bridgehead atoms. The normalized spacial score (nSPS) is 10.6. The summed E-state index contributed by atoms with van der Waals surface area (Å²) < 4.78 is 32.0. The Kier molecular flexibility index (Phi) is 12.6. The van der Waals surface area contributed by atoms with Crippen molar-refractivity contribution < 1.29 is 92.4 Å². The SMILES string of the molecule is COc1ccc(/C=C\c2cc(OC)c(OC)c(OC)c2)cc1NP(=O)([O-])[O-].[Na+].[Na+].